The largest absolute Gasteiger partial charge is 0.333 e. The highest BCUT2D eigenvalue weighted by Gasteiger charge is 2.13. The fraction of sp³-hybridized carbons (Fsp3) is 0. The Kier molecular flexibility index (Phi) is 3.23. The summed E-state index contributed by atoms with van der Waals surface area (Å²) in [7, 11) is 0. The number of nitrogens with zero attached hydrogens (tertiary/aromatic N) is 3. The van der Waals surface area contributed by atoms with Crippen molar-refractivity contribution in [3.63, 3.8) is 0 Å². The van der Waals surface area contributed by atoms with E-state index in [9.17, 15) is 5.26 Å². The molecule has 0 unspecified atom stereocenters. The predicted octanol–water partition coefficient (Wildman–Crippen LogP) is 3.92. The molecule has 0 aliphatic heterocycles. The maximum absolute atomic E-state index is 9.18. The summed E-state index contributed by atoms with van der Waals surface area (Å²) in [4.78, 5) is 6.15. The van der Waals surface area contributed by atoms with Gasteiger partial charge in [-0.3, -0.25) is 0 Å². The van der Waals surface area contributed by atoms with Crippen LogP contribution in [0.4, 0.5) is 0 Å². The molecule has 0 fully saturated rings. The molecule has 0 atom stereocenters. The summed E-state index contributed by atoms with van der Waals surface area (Å²) in [6.45, 7) is 0. The Hall–Kier alpha value is -2.23. The van der Waals surface area contributed by atoms with Crippen LogP contribution in [0.15, 0.2) is 39.5 Å². The minimum Gasteiger partial charge on any atom is -0.333 e. The molecule has 19 heavy (non-hydrogen) atoms. The van der Waals surface area contributed by atoms with Crippen LogP contribution in [0.25, 0.3) is 22.4 Å². The van der Waals surface area contributed by atoms with Crippen LogP contribution in [0.1, 0.15) is 10.8 Å². The van der Waals surface area contributed by atoms with Crippen LogP contribution in [0, 0.1) is 11.3 Å². The molecule has 0 amide bonds. The molecule has 0 aliphatic carbocycles. The third-order valence-corrected chi connectivity index (χ3v) is 4.03. The lowest BCUT2D eigenvalue weighted by Crippen LogP contribution is -1.81. The molecule has 0 N–H and O–H groups in total. The molecule has 92 valence electrons. The normalized spacial score (nSPS) is 11.4. The van der Waals surface area contributed by atoms with E-state index in [0.717, 1.165) is 9.75 Å². The lowest BCUT2D eigenvalue weighted by molar-refractivity contribution is 0.409. The first kappa shape index (κ1) is 11.8. The molecule has 0 saturated carbocycles. The predicted molar refractivity (Wildman–Crippen MR) is 75.4 cm³/mol. The molecule has 4 nitrogen and oxygen atoms in total. The third-order valence-electron chi connectivity index (χ3n) is 2.35. The molecule has 3 heterocycles. The summed E-state index contributed by atoms with van der Waals surface area (Å²) < 4.78 is 5.15. The minimum absolute atomic E-state index is 0.249. The number of thiophene rings is 2. The fourth-order valence-corrected chi connectivity index (χ4v) is 2.80. The van der Waals surface area contributed by atoms with Crippen molar-refractivity contribution in [2.75, 3.05) is 0 Å². The number of hydrogen-bond acceptors (Lipinski definition) is 6. The summed E-state index contributed by atoms with van der Waals surface area (Å²) in [5, 5.41) is 17.0. The van der Waals surface area contributed by atoms with Gasteiger partial charge in [-0.15, -0.1) is 22.7 Å². The van der Waals surface area contributed by atoms with Gasteiger partial charge < -0.3 is 4.52 Å². The number of aromatic nitrogens is 2. The Morgan fingerprint density at radius 3 is 2.79 bits per heavy atom. The number of hydrogen-bond donors (Lipinski definition) is 0. The first-order valence-corrected chi connectivity index (χ1v) is 7.16. The Bertz CT molecular complexity index is 733. The van der Waals surface area contributed by atoms with Crippen LogP contribution in [0.5, 0.6) is 0 Å². The van der Waals surface area contributed by atoms with Crippen molar-refractivity contribution in [1.82, 2.24) is 10.1 Å². The molecule has 3 aromatic heterocycles. The van der Waals surface area contributed by atoms with Crippen molar-refractivity contribution in [1.29, 1.82) is 5.26 Å². The highest BCUT2D eigenvalue weighted by molar-refractivity contribution is 7.13. The van der Waals surface area contributed by atoms with Gasteiger partial charge in [-0.05, 0) is 29.0 Å². The van der Waals surface area contributed by atoms with Crippen LogP contribution >= 0.6 is 22.7 Å². The van der Waals surface area contributed by atoms with Gasteiger partial charge in [0.15, 0.2) is 0 Å². The van der Waals surface area contributed by atoms with Gasteiger partial charge in [0.2, 0.25) is 5.82 Å². The zero-order valence-electron chi connectivity index (χ0n) is 9.61. The lowest BCUT2D eigenvalue weighted by Gasteiger charge is -1.88. The Balaban J connectivity index is 1.96. The van der Waals surface area contributed by atoms with Crippen molar-refractivity contribution in [2.24, 2.45) is 0 Å². The van der Waals surface area contributed by atoms with Crippen LogP contribution < -0.4 is 0 Å². The molecule has 0 aliphatic rings. The summed E-state index contributed by atoms with van der Waals surface area (Å²) >= 11 is 3.08. The van der Waals surface area contributed by atoms with Crippen molar-refractivity contribution in [3.8, 4) is 16.8 Å². The molecule has 0 spiro atoms. The van der Waals surface area contributed by atoms with Gasteiger partial charge >= 0.3 is 0 Å². The highest BCUT2D eigenvalue weighted by Crippen LogP contribution is 2.24. The molecular weight excluding hydrogens is 278 g/mol. The summed E-state index contributed by atoms with van der Waals surface area (Å²) in [5.74, 6) is 0.761. The molecule has 3 aromatic rings. The maximum atomic E-state index is 9.18. The van der Waals surface area contributed by atoms with Gasteiger partial charge in [-0.25, -0.2) is 0 Å². The SMILES string of the molecule is N#C/C(=C\c1cccs1)c1nc(-c2cccs2)no1. The van der Waals surface area contributed by atoms with Crippen LogP contribution in [-0.2, 0) is 0 Å². The van der Waals surface area contributed by atoms with Crippen LogP contribution in [0.2, 0.25) is 0 Å². The number of allylic oxidation sites excluding steroid dienone is 1. The highest BCUT2D eigenvalue weighted by atomic mass is 32.1. The maximum Gasteiger partial charge on any atom is 0.268 e. The molecule has 0 bridgehead atoms. The molecule has 3 rings (SSSR count). The fourth-order valence-electron chi connectivity index (χ4n) is 1.50. The molecule has 0 radical (unpaired) electrons. The van der Waals surface area contributed by atoms with E-state index >= 15 is 0 Å². The minimum atomic E-state index is 0.249. The van der Waals surface area contributed by atoms with E-state index in [4.69, 9.17) is 4.52 Å². The van der Waals surface area contributed by atoms with Crippen LogP contribution in [-0.4, -0.2) is 10.1 Å². The Morgan fingerprint density at radius 1 is 1.26 bits per heavy atom. The van der Waals surface area contributed by atoms with Gasteiger partial charge in [0.05, 0.1) is 4.88 Å². The van der Waals surface area contributed by atoms with Gasteiger partial charge in [0.25, 0.3) is 5.89 Å². The smallest absolute Gasteiger partial charge is 0.268 e. The second-order valence-corrected chi connectivity index (χ2v) is 5.51. The van der Waals surface area contributed by atoms with Crippen LogP contribution in [0.3, 0.4) is 0 Å². The first-order chi connectivity index (χ1) is 9.36. The second-order valence-electron chi connectivity index (χ2n) is 3.59. The molecule has 0 aromatic carbocycles. The van der Waals surface area contributed by atoms with Crippen molar-refractivity contribution in [3.05, 3.63) is 45.8 Å². The van der Waals surface area contributed by atoms with E-state index < -0.39 is 0 Å². The van der Waals surface area contributed by atoms with Crippen molar-refractivity contribution >= 4 is 34.3 Å². The van der Waals surface area contributed by atoms with Crippen molar-refractivity contribution < 1.29 is 4.52 Å². The summed E-state index contributed by atoms with van der Waals surface area (Å²) in [5.41, 5.74) is 0.373. The Labute approximate surface area is 117 Å². The van der Waals surface area contributed by atoms with Gasteiger partial charge in [-0.2, -0.15) is 10.2 Å². The van der Waals surface area contributed by atoms with Gasteiger partial charge in [0.1, 0.15) is 11.6 Å². The monoisotopic (exact) mass is 285 g/mol. The molecule has 0 saturated heterocycles. The quantitative estimate of drug-likeness (QED) is 0.684. The van der Waals surface area contributed by atoms with E-state index in [2.05, 4.69) is 16.2 Å². The lowest BCUT2D eigenvalue weighted by atomic mass is 10.2. The molecular formula is C13H7N3OS2. The average Bonchev–Trinajstić information content (AvgIpc) is 3.15. The molecule has 6 heteroatoms. The van der Waals surface area contributed by atoms with Gasteiger partial charge in [0, 0.05) is 4.88 Å². The second kappa shape index (κ2) is 5.18. The topological polar surface area (TPSA) is 62.7 Å². The third kappa shape index (κ3) is 2.47. The van der Waals surface area contributed by atoms with E-state index in [-0.39, 0.29) is 5.89 Å². The first-order valence-electron chi connectivity index (χ1n) is 5.40. The summed E-state index contributed by atoms with van der Waals surface area (Å²) in [6, 6.07) is 9.78. The van der Waals surface area contributed by atoms with E-state index in [1.54, 1.807) is 17.4 Å². The number of nitriles is 1. The van der Waals surface area contributed by atoms with E-state index in [1.807, 2.05) is 35.0 Å². The van der Waals surface area contributed by atoms with E-state index in [1.165, 1.54) is 11.3 Å². The van der Waals surface area contributed by atoms with Crippen molar-refractivity contribution in [2.45, 2.75) is 0 Å². The Morgan fingerprint density at radius 2 is 2.11 bits per heavy atom. The number of rotatable bonds is 3. The summed E-state index contributed by atoms with van der Waals surface area (Å²) in [6.07, 6.45) is 1.75. The van der Waals surface area contributed by atoms with E-state index in [0.29, 0.717) is 11.4 Å². The standard InChI is InChI=1S/C13H7N3OS2/c14-8-9(7-10-3-1-5-18-10)13-15-12(16-17-13)11-4-2-6-19-11/h1-7H/b9-7+. The zero-order chi connectivity index (χ0) is 13.1. The van der Waals surface area contributed by atoms with Gasteiger partial charge in [-0.1, -0.05) is 17.3 Å². The average molecular weight is 285 g/mol. The zero-order valence-corrected chi connectivity index (χ0v) is 11.2.